The van der Waals surface area contributed by atoms with Gasteiger partial charge in [-0.05, 0) is 36.8 Å². The predicted octanol–water partition coefficient (Wildman–Crippen LogP) is 3.94. The minimum Gasteiger partial charge on any atom is -0.308 e. The number of aromatic amines is 1. The number of hydrogen-bond acceptors (Lipinski definition) is 4. The van der Waals surface area contributed by atoms with E-state index in [0.29, 0.717) is 17.3 Å². The van der Waals surface area contributed by atoms with Gasteiger partial charge >= 0.3 is 0 Å². The fourth-order valence-electron chi connectivity index (χ4n) is 3.15. The van der Waals surface area contributed by atoms with Crippen LogP contribution in [0, 0.1) is 0 Å². The van der Waals surface area contributed by atoms with Crippen molar-refractivity contribution in [1.29, 1.82) is 0 Å². The molecule has 7 nitrogen and oxygen atoms in total. The number of carbonyl (C=O) groups excluding carboxylic acids is 1. The number of aromatic nitrogens is 4. The number of benzene rings is 2. The van der Waals surface area contributed by atoms with Crippen molar-refractivity contribution < 1.29 is 4.79 Å². The first kappa shape index (κ1) is 19.6. The molecule has 0 saturated carbocycles. The number of carbonyl (C=O) groups is 1. The Morgan fingerprint density at radius 2 is 1.90 bits per heavy atom. The van der Waals surface area contributed by atoms with Crippen molar-refractivity contribution in [2.45, 2.75) is 6.92 Å². The lowest BCUT2D eigenvalue weighted by Gasteiger charge is -2.21. The molecule has 0 bridgehead atoms. The summed E-state index contributed by atoms with van der Waals surface area (Å²) in [5, 5.41) is 4.68. The summed E-state index contributed by atoms with van der Waals surface area (Å²) in [6, 6.07) is 16.7. The van der Waals surface area contributed by atoms with Gasteiger partial charge < -0.3 is 4.90 Å². The molecular formula is C22H18ClN5O2. The summed E-state index contributed by atoms with van der Waals surface area (Å²) in [5.74, 6) is -0.183. The zero-order chi connectivity index (χ0) is 21.1. The molecule has 0 aliphatic rings. The van der Waals surface area contributed by atoms with E-state index in [4.69, 9.17) is 11.6 Å². The maximum Gasteiger partial charge on any atom is 0.265 e. The van der Waals surface area contributed by atoms with Crippen LogP contribution >= 0.6 is 11.6 Å². The van der Waals surface area contributed by atoms with Gasteiger partial charge in [-0.25, -0.2) is 9.67 Å². The quantitative estimate of drug-likeness (QED) is 0.531. The van der Waals surface area contributed by atoms with Crippen molar-refractivity contribution >= 4 is 23.2 Å². The van der Waals surface area contributed by atoms with Crippen molar-refractivity contribution in [2.24, 2.45) is 0 Å². The van der Waals surface area contributed by atoms with E-state index in [1.807, 2.05) is 55.5 Å². The van der Waals surface area contributed by atoms with Crippen LogP contribution in [0.25, 0.3) is 17.1 Å². The summed E-state index contributed by atoms with van der Waals surface area (Å²) in [6.45, 7) is 2.24. The Hall–Kier alpha value is -3.71. The maximum atomic E-state index is 13.0. The number of halogens is 1. The van der Waals surface area contributed by atoms with Crippen LogP contribution < -0.4 is 10.5 Å². The molecule has 0 aliphatic carbocycles. The fourth-order valence-corrected chi connectivity index (χ4v) is 3.40. The summed E-state index contributed by atoms with van der Waals surface area (Å²) in [7, 11) is 0. The molecule has 0 unspecified atom stereocenters. The summed E-state index contributed by atoms with van der Waals surface area (Å²) in [6.07, 6.45) is 4.50. The highest BCUT2D eigenvalue weighted by Gasteiger charge is 2.20. The molecule has 1 N–H and O–H groups in total. The van der Waals surface area contributed by atoms with Gasteiger partial charge in [-0.3, -0.25) is 14.6 Å². The molecule has 4 rings (SSSR count). The van der Waals surface area contributed by atoms with Crippen LogP contribution in [0.3, 0.4) is 0 Å². The SMILES string of the molecule is CCN(C(=O)c1cnc(-n2cccn2)[nH]c1=O)c1ccc(-c2ccccc2Cl)cc1. The number of nitrogens with one attached hydrogen (secondary N) is 1. The molecule has 30 heavy (non-hydrogen) atoms. The van der Waals surface area contributed by atoms with Gasteiger partial charge in [-0.2, -0.15) is 5.10 Å². The predicted molar refractivity (Wildman–Crippen MR) is 116 cm³/mol. The highest BCUT2D eigenvalue weighted by Crippen LogP contribution is 2.29. The van der Waals surface area contributed by atoms with Crippen LogP contribution in [0.15, 0.2) is 78.0 Å². The van der Waals surface area contributed by atoms with Gasteiger partial charge in [0.2, 0.25) is 5.95 Å². The van der Waals surface area contributed by atoms with Crippen LogP contribution in [-0.4, -0.2) is 32.2 Å². The molecule has 0 spiro atoms. The van der Waals surface area contributed by atoms with Gasteiger partial charge in [0.05, 0.1) is 0 Å². The minimum atomic E-state index is -0.522. The Kier molecular flexibility index (Phi) is 5.45. The van der Waals surface area contributed by atoms with Gasteiger partial charge in [-0.1, -0.05) is 41.9 Å². The largest absolute Gasteiger partial charge is 0.308 e. The summed E-state index contributed by atoms with van der Waals surface area (Å²) >= 11 is 6.27. The number of amides is 1. The smallest absolute Gasteiger partial charge is 0.265 e. The highest BCUT2D eigenvalue weighted by atomic mass is 35.5. The molecule has 2 heterocycles. The Bertz CT molecular complexity index is 1230. The lowest BCUT2D eigenvalue weighted by atomic mass is 10.0. The zero-order valence-corrected chi connectivity index (χ0v) is 16.9. The van der Waals surface area contributed by atoms with Gasteiger partial charge in [0.1, 0.15) is 5.56 Å². The van der Waals surface area contributed by atoms with E-state index in [2.05, 4.69) is 15.1 Å². The van der Waals surface area contributed by atoms with Crippen LogP contribution in [-0.2, 0) is 0 Å². The molecule has 1 amide bonds. The van der Waals surface area contributed by atoms with Crippen molar-refractivity contribution in [3.8, 4) is 17.1 Å². The van der Waals surface area contributed by atoms with Gasteiger partial charge in [0, 0.05) is 41.4 Å². The maximum absolute atomic E-state index is 13.0. The Morgan fingerprint density at radius 3 is 2.53 bits per heavy atom. The molecule has 150 valence electrons. The molecule has 0 atom stereocenters. The van der Waals surface area contributed by atoms with E-state index in [1.165, 1.54) is 15.8 Å². The first-order valence-electron chi connectivity index (χ1n) is 9.34. The molecular weight excluding hydrogens is 402 g/mol. The van der Waals surface area contributed by atoms with E-state index < -0.39 is 11.5 Å². The molecule has 0 fully saturated rings. The Morgan fingerprint density at radius 1 is 1.13 bits per heavy atom. The number of anilines is 1. The molecule has 0 aliphatic heterocycles. The van der Waals surface area contributed by atoms with E-state index in [9.17, 15) is 9.59 Å². The third-order valence-corrected chi connectivity index (χ3v) is 4.99. The van der Waals surface area contributed by atoms with Crippen LogP contribution in [0.4, 0.5) is 5.69 Å². The minimum absolute atomic E-state index is 0.0389. The molecule has 2 aromatic carbocycles. The van der Waals surface area contributed by atoms with Gasteiger partial charge in [0.15, 0.2) is 0 Å². The topological polar surface area (TPSA) is 83.9 Å². The second-order valence-corrected chi connectivity index (χ2v) is 6.88. The average molecular weight is 420 g/mol. The third kappa shape index (κ3) is 3.75. The molecule has 8 heteroatoms. The van der Waals surface area contributed by atoms with Crippen molar-refractivity contribution in [2.75, 3.05) is 11.4 Å². The van der Waals surface area contributed by atoms with Gasteiger partial charge in [-0.15, -0.1) is 0 Å². The zero-order valence-electron chi connectivity index (χ0n) is 16.1. The Balaban J connectivity index is 1.62. The number of hydrogen-bond donors (Lipinski definition) is 1. The highest BCUT2D eigenvalue weighted by molar-refractivity contribution is 6.33. The van der Waals surface area contributed by atoms with E-state index in [1.54, 1.807) is 18.5 Å². The summed E-state index contributed by atoms with van der Waals surface area (Å²) < 4.78 is 1.42. The van der Waals surface area contributed by atoms with Crippen LogP contribution in [0.5, 0.6) is 0 Å². The average Bonchev–Trinajstić information content (AvgIpc) is 3.30. The van der Waals surface area contributed by atoms with E-state index in [0.717, 1.165) is 11.1 Å². The van der Waals surface area contributed by atoms with Crippen molar-refractivity contribution in [3.63, 3.8) is 0 Å². The normalized spacial score (nSPS) is 10.7. The first-order valence-corrected chi connectivity index (χ1v) is 9.72. The van der Waals surface area contributed by atoms with E-state index >= 15 is 0 Å². The third-order valence-electron chi connectivity index (χ3n) is 4.66. The van der Waals surface area contributed by atoms with E-state index in [-0.39, 0.29) is 11.5 Å². The molecule has 0 saturated heterocycles. The number of H-pyrrole nitrogens is 1. The second kappa shape index (κ2) is 8.34. The molecule has 4 aromatic rings. The van der Waals surface area contributed by atoms with Crippen LogP contribution in [0.2, 0.25) is 5.02 Å². The monoisotopic (exact) mass is 419 g/mol. The summed E-state index contributed by atoms with van der Waals surface area (Å²) in [4.78, 5) is 33.8. The lowest BCUT2D eigenvalue weighted by molar-refractivity contribution is 0.0986. The van der Waals surface area contributed by atoms with Crippen molar-refractivity contribution in [3.05, 3.63) is 94.1 Å². The van der Waals surface area contributed by atoms with Crippen molar-refractivity contribution in [1.82, 2.24) is 19.7 Å². The standard InChI is InChI=1S/C22H18ClN5O2/c1-2-27(16-10-8-15(9-11-16)17-6-3-4-7-19(17)23)21(30)18-14-24-22(26-20(18)29)28-13-5-12-25-28/h3-14H,2H2,1H3,(H,24,26,29). The van der Waals surface area contributed by atoms with Gasteiger partial charge in [0.25, 0.3) is 11.5 Å². The molecule has 0 radical (unpaired) electrons. The first-order chi connectivity index (χ1) is 14.6. The fraction of sp³-hybridized carbons (Fsp3) is 0.0909. The number of nitrogens with zero attached hydrogens (tertiary/aromatic N) is 4. The van der Waals surface area contributed by atoms with Crippen LogP contribution in [0.1, 0.15) is 17.3 Å². The summed E-state index contributed by atoms with van der Waals surface area (Å²) in [5.41, 5.74) is 1.97. The second-order valence-electron chi connectivity index (χ2n) is 6.48. The lowest BCUT2D eigenvalue weighted by Crippen LogP contribution is -2.35. The molecule has 2 aromatic heterocycles. The number of rotatable bonds is 5. The Labute approximate surface area is 177 Å².